The summed E-state index contributed by atoms with van der Waals surface area (Å²) in [6.07, 6.45) is 0. The third-order valence-corrected chi connectivity index (χ3v) is 1.94. The second-order valence-corrected chi connectivity index (χ2v) is 3.03. The number of hydrogen-bond acceptors (Lipinski definition) is 2. The minimum atomic E-state index is 0.357. The molecule has 12 heavy (non-hydrogen) atoms. The van der Waals surface area contributed by atoms with Crippen molar-refractivity contribution in [1.29, 1.82) is 0 Å². The molecule has 0 aliphatic rings. The van der Waals surface area contributed by atoms with E-state index >= 15 is 0 Å². The van der Waals surface area contributed by atoms with Crippen molar-refractivity contribution in [2.45, 2.75) is 19.9 Å². The van der Waals surface area contributed by atoms with Gasteiger partial charge in [0.1, 0.15) is 0 Å². The lowest BCUT2D eigenvalue weighted by atomic mass is 10.1. The standard InChI is InChI=1S/C10H16N2/c1-8-4-6-10(7-5-8)9(2)12-11-3/h4-7,9,11-12H,1-3H3/t9-/m0/s1. The van der Waals surface area contributed by atoms with Gasteiger partial charge in [0.2, 0.25) is 0 Å². The Morgan fingerprint density at radius 1 is 1.17 bits per heavy atom. The number of hydrazine groups is 1. The van der Waals surface area contributed by atoms with Gasteiger partial charge in [-0.1, -0.05) is 29.8 Å². The Bertz CT molecular complexity index is 228. The first-order valence-corrected chi connectivity index (χ1v) is 4.23. The monoisotopic (exact) mass is 164 g/mol. The predicted octanol–water partition coefficient (Wildman–Crippen LogP) is 1.78. The Morgan fingerprint density at radius 2 is 1.75 bits per heavy atom. The van der Waals surface area contributed by atoms with Crippen LogP contribution in [-0.2, 0) is 0 Å². The topological polar surface area (TPSA) is 24.1 Å². The van der Waals surface area contributed by atoms with Crippen molar-refractivity contribution in [3.63, 3.8) is 0 Å². The van der Waals surface area contributed by atoms with E-state index < -0.39 is 0 Å². The molecule has 1 aromatic carbocycles. The second kappa shape index (κ2) is 4.24. The molecule has 2 N–H and O–H groups in total. The van der Waals surface area contributed by atoms with Crippen LogP contribution in [0.3, 0.4) is 0 Å². The normalized spacial score (nSPS) is 12.9. The summed E-state index contributed by atoms with van der Waals surface area (Å²) >= 11 is 0. The van der Waals surface area contributed by atoms with Gasteiger partial charge < -0.3 is 0 Å². The van der Waals surface area contributed by atoms with Crippen LogP contribution >= 0.6 is 0 Å². The van der Waals surface area contributed by atoms with Crippen molar-refractivity contribution in [3.8, 4) is 0 Å². The van der Waals surface area contributed by atoms with Crippen molar-refractivity contribution in [1.82, 2.24) is 10.9 Å². The third kappa shape index (κ3) is 2.32. The highest BCUT2D eigenvalue weighted by Gasteiger charge is 2.01. The maximum absolute atomic E-state index is 3.13. The quantitative estimate of drug-likeness (QED) is 0.665. The van der Waals surface area contributed by atoms with Gasteiger partial charge in [0.15, 0.2) is 0 Å². The lowest BCUT2D eigenvalue weighted by molar-refractivity contribution is 0.505. The van der Waals surface area contributed by atoms with Crippen LogP contribution < -0.4 is 10.9 Å². The number of rotatable bonds is 3. The Labute approximate surface area is 74.0 Å². The Morgan fingerprint density at radius 3 is 2.25 bits per heavy atom. The van der Waals surface area contributed by atoms with Crippen molar-refractivity contribution >= 4 is 0 Å². The number of hydrogen-bond donors (Lipinski definition) is 2. The van der Waals surface area contributed by atoms with E-state index in [1.54, 1.807) is 0 Å². The second-order valence-electron chi connectivity index (χ2n) is 3.03. The maximum Gasteiger partial charge on any atom is 0.0434 e. The molecule has 0 bridgehead atoms. The van der Waals surface area contributed by atoms with Crippen LogP contribution in [0.4, 0.5) is 0 Å². The molecule has 1 aromatic rings. The first kappa shape index (κ1) is 9.23. The smallest absolute Gasteiger partial charge is 0.0434 e. The van der Waals surface area contributed by atoms with Crippen molar-refractivity contribution < 1.29 is 0 Å². The summed E-state index contributed by atoms with van der Waals surface area (Å²) in [6.45, 7) is 4.22. The van der Waals surface area contributed by atoms with E-state index in [-0.39, 0.29) is 0 Å². The molecule has 0 aromatic heterocycles. The molecule has 0 heterocycles. The van der Waals surface area contributed by atoms with E-state index in [4.69, 9.17) is 0 Å². The SMILES string of the molecule is CNN[C@@H](C)c1ccc(C)cc1. The highest BCUT2D eigenvalue weighted by molar-refractivity contribution is 5.23. The lowest BCUT2D eigenvalue weighted by Gasteiger charge is -2.12. The summed E-state index contributed by atoms with van der Waals surface area (Å²) < 4.78 is 0. The average molecular weight is 164 g/mol. The Balaban J connectivity index is 2.68. The van der Waals surface area contributed by atoms with Crippen LogP contribution in [0.2, 0.25) is 0 Å². The van der Waals surface area contributed by atoms with E-state index in [1.165, 1.54) is 11.1 Å². The zero-order valence-corrected chi connectivity index (χ0v) is 7.89. The van der Waals surface area contributed by atoms with Crippen LogP contribution in [-0.4, -0.2) is 7.05 Å². The van der Waals surface area contributed by atoms with Gasteiger partial charge in [-0.3, -0.25) is 10.9 Å². The summed E-state index contributed by atoms with van der Waals surface area (Å²) in [5.74, 6) is 0. The van der Waals surface area contributed by atoms with E-state index in [2.05, 4.69) is 49.0 Å². The number of benzene rings is 1. The van der Waals surface area contributed by atoms with Gasteiger partial charge in [-0.15, -0.1) is 0 Å². The van der Waals surface area contributed by atoms with Gasteiger partial charge >= 0.3 is 0 Å². The largest absolute Gasteiger partial charge is 0.260 e. The molecule has 0 radical (unpaired) electrons. The molecule has 1 atom stereocenters. The first-order chi connectivity index (χ1) is 5.74. The molecule has 0 fully saturated rings. The van der Waals surface area contributed by atoms with Crippen LogP contribution in [0.25, 0.3) is 0 Å². The maximum atomic E-state index is 3.13. The molecule has 0 spiro atoms. The van der Waals surface area contributed by atoms with Gasteiger partial charge in [0.25, 0.3) is 0 Å². The van der Waals surface area contributed by atoms with Gasteiger partial charge in [0, 0.05) is 6.04 Å². The number of aryl methyl sites for hydroxylation is 1. The molecule has 0 unspecified atom stereocenters. The average Bonchev–Trinajstić information content (AvgIpc) is 2.06. The van der Waals surface area contributed by atoms with Gasteiger partial charge in [-0.25, -0.2) is 0 Å². The fourth-order valence-electron chi connectivity index (χ4n) is 1.15. The molecule has 0 aliphatic heterocycles. The number of nitrogens with one attached hydrogen (secondary N) is 2. The molecular weight excluding hydrogens is 148 g/mol. The van der Waals surface area contributed by atoms with Gasteiger partial charge in [0.05, 0.1) is 0 Å². The molecule has 66 valence electrons. The summed E-state index contributed by atoms with van der Waals surface area (Å²) in [7, 11) is 1.88. The molecule has 2 heteroatoms. The summed E-state index contributed by atoms with van der Waals surface area (Å²) in [4.78, 5) is 0. The Kier molecular flexibility index (Phi) is 3.26. The highest BCUT2D eigenvalue weighted by Crippen LogP contribution is 2.11. The Hall–Kier alpha value is -0.860. The van der Waals surface area contributed by atoms with E-state index in [1.807, 2.05) is 7.05 Å². The fourth-order valence-corrected chi connectivity index (χ4v) is 1.15. The predicted molar refractivity (Wildman–Crippen MR) is 51.8 cm³/mol. The minimum Gasteiger partial charge on any atom is -0.260 e. The third-order valence-electron chi connectivity index (χ3n) is 1.94. The van der Waals surface area contributed by atoms with E-state index in [0.29, 0.717) is 6.04 Å². The first-order valence-electron chi connectivity index (χ1n) is 4.23. The van der Waals surface area contributed by atoms with Gasteiger partial charge in [-0.05, 0) is 26.5 Å². The molecule has 0 aliphatic carbocycles. The van der Waals surface area contributed by atoms with Crippen molar-refractivity contribution in [2.75, 3.05) is 7.05 Å². The van der Waals surface area contributed by atoms with Crippen LogP contribution in [0.15, 0.2) is 24.3 Å². The zero-order chi connectivity index (χ0) is 8.97. The molecule has 0 amide bonds. The van der Waals surface area contributed by atoms with Crippen molar-refractivity contribution in [3.05, 3.63) is 35.4 Å². The summed E-state index contributed by atoms with van der Waals surface area (Å²) in [6, 6.07) is 8.90. The van der Waals surface area contributed by atoms with Gasteiger partial charge in [-0.2, -0.15) is 0 Å². The van der Waals surface area contributed by atoms with E-state index in [9.17, 15) is 0 Å². The van der Waals surface area contributed by atoms with Crippen LogP contribution in [0.5, 0.6) is 0 Å². The summed E-state index contributed by atoms with van der Waals surface area (Å²) in [5, 5.41) is 0. The highest BCUT2D eigenvalue weighted by atomic mass is 15.3. The molecule has 0 saturated carbocycles. The van der Waals surface area contributed by atoms with Crippen molar-refractivity contribution in [2.24, 2.45) is 0 Å². The lowest BCUT2D eigenvalue weighted by Crippen LogP contribution is -2.30. The molecule has 1 rings (SSSR count). The fraction of sp³-hybridized carbons (Fsp3) is 0.400. The molecular formula is C10H16N2. The zero-order valence-electron chi connectivity index (χ0n) is 7.89. The van der Waals surface area contributed by atoms with Crippen LogP contribution in [0, 0.1) is 6.92 Å². The molecule has 0 saturated heterocycles. The summed E-state index contributed by atoms with van der Waals surface area (Å²) in [5.41, 5.74) is 8.66. The van der Waals surface area contributed by atoms with E-state index in [0.717, 1.165) is 0 Å². The van der Waals surface area contributed by atoms with Crippen LogP contribution in [0.1, 0.15) is 24.1 Å². The molecule has 2 nitrogen and oxygen atoms in total. The minimum absolute atomic E-state index is 0.357.